The van der Waals surface area contributed by atoms with Crippen LogP contribution in [-0.4, -0.2) is 35.3 Å². The largest absolute Gasteiger partial charge is 0.457 e. The molecule has 7 nitrogen and oxygen atoms in total. The van der Waals surface area contributed by atoms with Crippen LogP contribution >= 0.6 is 0 Å². The van der Waals surface area contributed by atoms with E-state index in [-0.39, 0.29) is 16.8 Å². The zero-order chi connectivity index (χ0) is 21.1. The smallest absolute Gasteiger partial charge is 0.429 e. The molecule has 3 rings (SSSR count). The number of anilines is 1. The number of nitrogens with zero attached hydrogens (tertiary/aromatic N) is 3. The molecule has 2 aromatic heterocycles. The van der Waals surface area contributed by atoms with E-state index in [0.717, 1.165) is 6.20 Å². The number of ether oxygens (including phenoxy) is 1. The molecule has 1 aromatic carbocycles. The van der Waals surface area contributed by atoms with E-state index in [4.69, 9.17) is 4.74 Å². The summed E-state index contributed by atoms with van der Waals surface area (Å²) in [6, 6.07) is 8.92. The average Bonchev–Trinajstić information content (AvgIpc) is 2.65. The Balaban J connectivity index is 2.09. The van der Waals surface area contributed by atoms with Crippen molar-refractivity contribution in [3.05, 3.63) is 54.4 Å². The van der Waals surface area contributed by atoms with Gasteiger partial charge in [0.25, 0.3) is 5.88 Å². The summed E-state index contributed by atoms with van der Waals surface area (Å²) >= 11 is 0. The molecule has 0 saturated carbocycles. The van der Waals surface area contributed by atoms with E-state index in [1.165, 1.54) is 24.4 Å². The van der Waals surface area contributed by atoms with Crippen molar-refractivity contribution in [1.29, 1.82) is 0 Å². The van der Waals surface area contributed by atoms with E-state index in [2.05, 4.69) is 19.7 Å². The van der Waals surface area contributed by atoms with Crippen LogP contribution in [0.4, 0.5) is 19.0 Å². The third kappa shape index (κ3) is 5.11. The number of pyridine rings is 1. The molecule has 154 valence electrons. The van der Waals surface area contributed by atoms with E-state index >= 15 is 0 Å². The van der Waals surface area contributed by atoms with Crippen molar-refractivity contribution in [2.24, 2.45) is 0 Å². The maximum absolute atomic E-state index is 13.7. The van der Waals surface area contributed by atoms with Crippen LogP contribution in [0.5, 0.6) is 5.88 Å². The average molecular weight is 426 g/mol. The molecule has 1 atom stereocenters. The Morgan fingerprint density at radius 3 is 2.38 bits per heavy atom. The molecule has 0 fully saturated rings. The summed E-state index contributed by atoms with van der Waals surface area (Å²) in [5.41, 5.74) is 0.310. The fourth-order valence-electron chi connectivity index (χ4n) is 2.57. The van der Waals surface area contributed by atoms with Crippen molar-refractivity contribution in [3.63, 3.8) is 0 Å². The number of sulfonamides is 1. The summed E-state index contributed by atoms with van der Waals surface area (Å²) in [6.45, 7) is 1.66. The van der Waals surface area contributed by atoms with Crippen LogP contribution in [0.25, 0.3) is 11.0 Å². The van der Waals surface area contributed by atoms with Gasteiger partial charge < -0.3 is 4.74 Å². The van der Waals surface area contributed by atoms with E-state index < -0.39 is 34.0 Å². The number of alkyl halides is 3. The lowest BCUT2D eigenvalue weighted by molar-refractivity contribution is -0.198. The maximum Gasteiger partial charge on any atom is 0.429 e. The fraction of sp³-hybridized carbons (Fsp3) is 0.278. The molecule has 0 aliphatic carbocycles. The van der Waals surface area contributed by atoms with Crippen molar-refractivity contribution in [2.45, 2.75) is 25.6 Å². The quantitative estimate of drug-likeness (QED) is 0.617. The molecule has 0 aliphatic rings. The van der Waals surface area contributed by atoms with Gasteiger partial charge in [-0.3, -0.25) is 9.71 Å². The molecule has 29 heavy (non-hydrogen) atoms. The van der Waals surface area contributed by atoms with Crippen molar-refractivity contribution in [3.8, 4) is 5.88 Å². The number of hydrogen-bond acceptors (Lipinski definition) is 6. The van der Waals surface area contributed by atoms with Gasteiger partial charge in [-0.05, 0) is 24.6 Å². The maximum atomic E-state index is 13.7. The van der Waals surface area contributed by atoms with Crippen LogP contribution in [0, 0.1) is 0 Å². The first-order chi connectivity index (χ1) is 13.7. The Hall–Kier alpha value is -2.95. The van der Waals surface area contributed by atoms with Gasteiger partial charge in [0.2, 0.25) is 21.9 Å². The Bertz CT molecular complexity index is 1090. The van der Waals surface area contributed by atoms with Gasteiger partial charge in [0.1, 0.15) is 0 Å². The predicted molar refractivity (Wildman–Crippen MR) is 101 cm³/mol. The zero-order valence-electron chi connectivity index (χ0n) is 15.2. The van der Waals surface area contributed by atoms with Gasteiger partial charge in [0.15, 0.2) is 0 Å². The molecule has 1 N–H and O–H groups in total. The second kappa shape index (κ2) is 8.19. The molecular formula is C18H17F3N4O3S. The molecule has 0 bridgehead atoms. The third-order valence-electron chi connectivity index (χ3n) is 3.78. The van der Waals surface area contributed by atoms with Crippen molar-refractivity contribution < 1.29 is 26.3 Å². The van der Waals surface area contributed by atoms with Gasteiger partial charge in [-0.1, -0.05) is 25.1 Å². The van der Waals surface area contributed by atoms with E-state index in [1.54, 1.807) is 25.1 Å². The number of rotatable bonds is 7. The lowest BCUT2D eigenvalue weighted by atomic mass is 10.1. The van der Waals surface area contributed by atoms with Gasteiger partial charge >= 0.3 is 6.18 Å². The molecule has 0 saturated heterocycles. The van der Waals surface area contributed by atoms with Crippen LogP contribution in [0.2, 0.25) is 0 Å². The summed E-state index contributed by atoms with van der Waals surface area (Å²) in [4.78, 5) is 11.9. The monoisotopic (exact) mass is 426 g/mol. The summed E-state index contributed by atoms with van der Waals surface area (Å²) in [5, 5.41) is 0. The van der Waals surface area contributed by atoms with Gasteiger partial charge in [-0.2, -0.15) is 13.2 Å². The minimum Gasteiger partial charge on any atom is -0.457 e. The van der Waals surface area contributed by atoms with Gasteiger partial charge in [-0.25, -0.2) is 18.4 Å². The highest BCUT2D eigenvalue weighted by atomic mass is 32.2. The first-order valence-corrected chi connectivity index (χ1v) is 10.3. The number of nitrogens with one attached hydrogen (secondary N) is 1. The van der Waals surface area contributed by atoms with E-state index in [9.17, 15) is 21.6 Å². The van der Waals surface area contributed by atoms with Crippen molar-refractivity contribution >= 4 is 26.9 Å². The Morgan fingerprint density at radius 2 is 1.79 bits per heavy atom. The van der Waals surface area contributed by atoms with Gasteiger partial charge in [0.05, 0.1) is 16.8 Å². The van der Waals surface area contributed by atoms with E-state index in [0.29, 0.717) is 11.9 Å². The molecule has 2 heterocycles. The molecule has 3 aromatic rings. The predicted octanol–water partition coefficient (Wildman–Crippen LogP) is 3.86. The lowest BCUT2D eigenvalue weighted by Gasteiger charge is -2.22. The first-order valence-electron chi connectivity index (χ1n) is 8.60. The second-order valence-electron chi connectivity index (χ2n) is 6.11. The van der Waals surface area contributed by atoms with Crippen molar-refractivity contribution in [1.82, 2.24) is 15.0 Å². The minimum atomic E-state index is -4.80. The van der Waals surface area contributed by atoms with Gasteiger partial charge in [-0.15, -0.1) is 0 Å². The highest BCUT2D eigenvalue weighted by Crippen LogP contribution is 2.38. The highest BCUT2D eigenvalue weighted by Gasteiger charge is 2.44. The normalized spacial score (nSPS) is 13.2. The van der Waals surface area contributed by atoms with E-state index in [1.807, 2.05) is 0 Å². The Kier molecular flexibility index (Phi) is 5.87. The second-order valence-corrected chi connectivity index (χ2v) is 7.95. The number of hydrogen-bond donors (Lipinski definition) is 1. The number of para-hydroxylation sites is 2. The molecule has 0 amide bonds. The SMILES string of the molecule is CCCS(=O)(=O)Nc1nc2ccccc2nc1O[C@H](c1cccnc1)C(F)(F)F. The van der Waals surface area contributed by atoms with Gasteiger partial charge in [0, 0.05) is 18.0 Å². The van der Waals surface area contributed by atoms with Crippen molar-refractivity contribution in [2.75, 3.05) is 10.5 Å². The first kappa shape index (κ1) is 20.8. The standard InChI is InChI=1S/C18H17F3N4O3S/c1-2-10-29(26,27)25-16-17(24-14-8-4-3-7-13(14)23-16)28-15(18(19,20)21)12-6-5-9-22-11-12/h3-9,11,15H,2,10H2,1H3,(H,23,25)/t15-/m1/s1. The molecular weight excluding hydrogens is 409 g/mol. The minimum absolute atomic E-state index is 0.230. The summed E-state index contributed by atoms with van der Waals surface area (Å²) < 4.78 is 72.7. The molecule has 11 heteroatoms. The topological polar surface area (TPSA) is 94.1 Å². The fourth-order valence-corrected chi connectivity index (χ4v) is 3.63. The zero-order valence-corrected chi connectivity index (χ0v) is 16.0. The third-order valence-corrected chi connectivity index (χ3v) is 5.23. The Labute approximate surface area is 165 Å². The van der Waals surface area contributed by atoms with Crippen LogP contribution in [0.1, 0.15) is 25.0 Å². The van der Waals surface area contributed by atoms with Crippen LogP contribution in [-0.2, 0) is 10.0 Å². The molecule has 0 unspecified atom stereocenters. The molecule has 0 radical (unpaired) electrons. The lowest BCUT2D eigenvalue weighted by Crippen LogP contribution is -2.27. The number of benzene rings is 1. The molecule has 0 spiro atoms. The van der Waals surface area contributed by atoms with Crippen LogP contribution in [0.15, 0.2) is 48.8 Å². The number of fused-ring (bicyclic) bond motifs is 1. The summed E-state index contributed by atoms with van der Waals surface area (Å²) in [6.07, 6.45) is -4.53. The summed E-state index contributed by atoms with van der Waals surface area (Å²) in [7, 11) is -3.84. The number of halogens is 3. The summed E-state index contributed by atoms with van der Waals surface area (Å²) in [5.74, 6) is -1.21. The highest BCUT2D eigenvalue weighted by molar-refractivity contribution is 7.92. The van der Waals surface area contributed by atoms with Crippen LogP contribution < -0.4 is 9.46 Å². The Morgan fingerprint density at radius 1 is 1.10 bits per heavy atom. The van der Waals surface area contributed by atoms with Crippen LogP contribution in [0.3, 0.4) is 0 Å². The number of aromatic nitrogens is 3. The molecule has 0 aliphatic heterocycles.